The first-order chi connectivity index (χ1) is 13.1. The third kappa shape index (κ3) is 5.44. The van der Waals surface area contributed by atoms with Gasteiger partial charge in [0, 0.05) is 6.92 Å². The first-order valence-electron chi connectivity index (χ1n) is 10.4. The van der Waals surface area contributed by atoms with Crippen molar-refractivity contribution in [1.29, 1.82) is 0 Å². The Bertz CT molecular complexity index is 697. The molecule has 0 radical (unpaired) electrons. The minimum Gasteiger partial charge on any atom is -0.457 e. The monoisotopic (exact) mass is 388 g/mol. The summed E-state index contributed by atoms with van der Waals surface area (Å²) in [7, 11) is 0. The Hall–Kier alpha value is -1.68. The molecule has 2 aliphatic rings. The van der Waals surface area contributed by atoms with E-state index in [9.17, 15) is 9.59 Å². The Balaban J connectivity index is 2.54. The molecule has 0 aromatic rings. The summed E-state index contributed by atoms with van der Waals surface area (Å²) in [6, 6.07) is 0. The standard InChI is InChI=1S/C24H36O4/c1-15(2)20-13-11-16(3)9-8-10-17(4)12-14-21-24(7,28-21)22(18(5)25)23(20)27-19(6)26/h10-11,13,15,21-23H,8-9,12,14H2,1-7H3/b16-11?,17-10-,20-13?/t21-,22-,23-,24-/m0/s1. The lowest BCUT2D eigenvalue weighted by Gasteiger charge is -2.32. The molecule has 1 aliphatic heterocycles. The fraction of sp³-hybridized carbons (Fsp3) is 0.667. The highest BCUT2D eigenvalue weighted by atomic mass is 16.6. The highest BCUT2D eigenvalue weighted by Crippen LogP contribution is 2.49. The Labute approximate surface area is 170 Å². The lowest BCUT2D eigenvalue weighted by Crippen LogP contribution is -2.43. The van der Waals surface area contributed by atoms with Crippen LogP contribution < -0.4 is 0 Å². The van der Waals surface area contributed by atoms with Crippen LogP contribution in [0, 0.1) is 11.8 Å². The smallest absolute Gasteiger partial charge is 0.303 e. The molecule has 0 N–H and O–H groups in total. The van der Waals surface area contributed by atoms with Gasteiger partial charge >= 0.3 is 5.97 Å². The number of esters is 1. The predicted octanol–water partition coefficient (Wildman–Crippen LogP) is 5.33. The van der Waals surface area contributed by atoms with Crippen LogP contribution in [0.3, 0.4) is 0 Å². The largest absolute Gasteiger partial charge is 0.457 e. The van der Waals surface area contributed by atoms with Crippen LogP contribution in [0.5, 0.6) is 0 Å². The Morgan fingerprint density at radius 1 is 1.14 bits per heavy atom. The SMILES string of the molecule is CC(=O)O[C@H]1C(C(C)C)=CC=C(C)CC/C=C(/C)CC[C@@H]2O[C@]2(C)[C@H]1C(C)=O. The van der Waals surface area contributed by atoms with E-state index in [1.165, 1.54) is 18.1 Å². The van der Waals surface area contributed by atoms with Crippen molar-refractivity contribution in [3.63, 3.8) is 0 Å². The molecule has 0 aromatic carbocycles. The Morgan fingerprint density at radius 3 is 2.39 bits per heavy atom. The first kappa shape index (κ1) is 22.6. The lowest BCUT2D eigenvalue weighted by atomic mass is 9.77. The number of ketones is 1. The average Bonchev–Trinajstić information content (AvgIpc) is 3.21. The molecule has 156 valence electrons. The summed E-state index contributed by atoms with van der Waals surface area (Å²) in [5.41, 5.74) is 3.00. The molecule has 1 fully saturated rings. The van der Waals surface area contributed by atoms with Crippen molar-refractivity contribution in [2.75, 3.05) is 0 Å². The third-order valence-corrected chi connectivity index (χ3v) is 6.02. The number of carbonyl (C=O) groups excluding carboxylic acids is 2. The number of allylic oxidation sites excluding steroid dienone is 5. The fourth-order valence-electron chi connectivity index (χ4n) is 4.26. The minimum atomic E-state index is -0.603. The highest BCUT2D eigenvalue weighted by molar-refractivity contribution is 5.82. The van der Waals surface area contributed by atoms with Crippen molar-refractivity contribution in [3.05, 3.63) is 34.9 Å². The van der Waals surface area contributed by atoms with Gasteiger partial charge in [-0.1, -0.05) is 43.2 Å². The van der Waals surface area contributed by atoms with Gasteiger partial charge in [-0.25, -0.2) is 0 Å². The van der Waals surface area contributed by atoms with Gasteiger partial charge in [0.15, 0.2) is 0 Å². The van der Waals surface area contributed by atoms with E-state index in [4.69, 9.17) is 9.47 Å². The molecule has 1 heterocycles. The van der Waals surface area contributed by atoms with E-state index in [1.807, 2.05) is 13.0 Å². The van der Waals surface area contributed by atoms with Gasteiger partial charge in [-0.2, -0.15) is 0 Å². The predicted molar refractivity (Wildman–Crippen MR) is 112 cm³/mol. The van der Waals surface area contributed by atoms with Gasteiger partial charge in [-0.05, 0) is 64.9 Å². The Kier molecular flexibility index (Phi) is 7.44. The van der Waals surface area contributed by atoms with Gasteiger partial charge in [-0.3, -0.25) is 9.59 Å². The number of hydrogen-bond acceptors (Lipinski definition) is 4. The zero-order valence-electron chi connectivity index (χ0n) is 18.5. The number of carbonyl (C=O) groups is 2. The first-order valence-corrected chi connectivity index (χ1v) is 10.4. The van der Waals surface area contributed by atoms with Crippen LogP contribution in [0.2, 0.25) is 0 Å². The number of rotatable bonds is 3. The van der Waals surface area contributed by atoms with Crippen LogP contribution in [0.25, 0.3) is 0 Å². The molecular weight excluding hydrogens is 352 g/mol. The van der Waals surface area contributed by atoms with E-state index in [0.717, 1.165) is 31.3 Å². The van der Waals surface area contributed by atoms with Crippen LogP contribution in [-0.4, -0.2) is 29.6 Å². The topological polar surface area (TPSA) is 55.9 Å². The second kappa shape index (κ2) is 9.21. The number of Topliss-reactive ketones (excluding diaryl/α,β-unsaturated/α-hetero) is 1. The van der Waals surface area contributed by atoms with Crippen molar-refractivity contribution >= 4 is 11.8 Å². The van der Waals surface area contributed by atoms with Crippen molar-refractivity contribution in [2.24, 2.45) is 11.8 Å². The zero-order valence-corrected chi connectivity index (χ0v) is 18.5. The van der Waals surface area contributed by atoms with E-state index in [1.54, 1.807) is 6.92 Å². The Morgan fingerprint density at radius 2 is 1.82 bits per heavy atom. The highest BCUT2D eigenvalue weighted by Gasteiger charge is 2.61. The molecular formula is C24H36O4. The van der Waals surface area contributed by atoms with E-state index in [0.29, 0.717) is 0 Å². The number of fused-ring (bicyclic) bond motifs is 1. The van der Waals surface area contributed by atoms with Gasteiger partial charge < -0.3 is 9.47 Å². The summed E-state index contributed by atoms with van der Waals surface area (Å²) in [5, 5.41) is 0. The molecule has 0 unspecified atom stereocenters. The molecule has 0 spiro atoms. The molecule has 1 saturated heterocycles. The quantitative estimate of drug-likeness (QED) is 0.372. The molecule has 4 nitrogen and oxygen atoms in total. The van der Waals surface area contributed by atoms with Gasteiger partial charge in [0.25, 0.3) is 0 Å². The van der Waals surface area contributed by atoms with Crippen molar-refractivity contribution in [2.45, 2.75) is 92.0 Å². The summed E-state index contributed by atoms with van der Waals surface area (Å²) in [4.78, 5) is 24.7. The molecule has 4 heteroatoms. The van der Waals surface area contributed by atoms with E-state index >= 15 is 0 Å². The summed E-state index contributed by atoms with van der Waals surface area (Å²) in [6.07, 6.45) is 9.71. The molecule has 0 amide bonds. The van der Waals surface area contributed by atoms with Crippen LogP contribution >= 0.6 is 0 Å². The van der Waals surface area contributed by atoms with E-state index < -0.39 is 17.6 Å². The van der Waals surface area contributed by atoms with E-state index in [-0.39, 0.29) is 23.8 Å². The number of epoxide rings is 1. The maximum absolute atomic E-state index is 12.7. The van der Waals surface area contributed by atoms with Crippen LogP contribution in [0.15, 0.2) is 34.9 Å². The van der Waals surface area contributed by atoms with Gasteiger partial charge in [0.2, 0.25) is 0 Å². The minimum absolute atomic E-state index is 0.00265. The summed E-state index contributed by atoms with van der Waals surface area (Å²) in [6.45, 7) is 13.4. The van der Waals surface area contributed by atoms with Gasteiger partial charge in [0.1, 0.15) is 17.5 Å². The molecule has 2 rings (SSSR count). The number of ether oxygens (including phenoxy) is 2. The van der Waals surface area contributed by atoms with Gasteiger partial charge in [0.05, 0.1) is 12.0 Å². The van der Waals surface area contributed by atoms with Crippen LogP contribution in [0.1, 0.15) is 74.1 Å². The molecule has 0 saturated carbocycles. The van der Waals surface area contributed by atoms with E-state index in [2.05, 4.69) is 39.8 Å². The lowest BCUT2D eigenvalue weighted by molar-refractivity contribution is -0.150. The molecule has 1 aliphatic carbocycles. The van der Waals surface area contributed by atoms with Crippen molar-refractivity contribution < 1.29 is 19.1 Å². The summed E-state index contributed by atoms with van der Waals surface area (Å²) >= 11 is 0. The third-order valence-electron chi connectivity index (χ3n) is 6.02. The second-order valence-electron chi connectivity index (χ2n) is 8.87. The summed E-state index contributed by atoms with van der Waals surface area (Å²) in [5.74, 6) is -0.728. The van der Waals surface area contributed by atoms with Crippen LogP contribution in [-0.2, 0) is 19.1 Å². The fourth-order valence-corrected chi connectivity index (χ4v) is 4.26. The zero-order chi connectivity index (χ0) is 21.1. The molecule has 0 aromatic heterocycles. The maximum atomic E-state index is 12.7. The van der Waals surface area contributed by atoms with Gasteiger partial charge in [-0.15, -0.1) is 0 Å². The van der Waals surface area contributed by atoms with Crippen LogP contribution in [0.4, 0.5) is 0 Å². The maximum Gasteiger partial charge on any atom is 0.303 e. The normalized spacial score (nSPS) is 33.6. The van der Waals surface area contributed by atoms with Crippen molar-refractivity contribution in [1.82, 2.24) is 0 Å². The number of hydrogen-bond donors (Lipinski definition) is 0. The van der Waals surface area contributed by atoms with Crippen molar-refractivity contribution in [3.8, 4) is 0 Å². The average molecular weight is 389 g/mol. The molecule has 28 heavy (non-hydrogen) atoms. The second-order valence-corrected chi connectivity index (χ2v) is 8.87. The molecule has 0 bridgehead atoms. The molecule has 4 atom stereocenters. The summed E-state index contributed by atoms with van der Waals surface area (Å²) < 4.78 is 11.9.